The van der Waals surface area contributed by atoms with Crippen LogP contribution in [0.5, 0.6) is 0 Å². The van der Waals surface area contributed by atoms with Crippen molar-refractivity contribution in [1.82, 2.24) is 5.32 Å². The van der Waals surface area contributed by atoms with Gasteiger partial charge in [0, 0.05) is 23.6 Å². The van der Waals surface area contributed by atoms with Crippen LogP contribution >= 0.6 is 0 Å². The number of hydrogen-bond donors (Lipinski definition) is 1. The maximum absolute atomic E-state index is 12.5. The van der Waals surface area contributed by atoms with E-state index in [2.05, 4.69) is 5.32 Å². The molecule has 0 radical (unpaired) electrons. The monoisotopic (exact) mass is 299 g/mol. The van der Waals surface area contributed by atoms with Gasteiger partial charge in [0.15, 0.2) is 5.78 Å². The van der Waals surface area contributed by atoms with Gasteiger partial charge in [-0.2, -0.15) is 13.2 Å². The zero-order valence-electron chi connectivity index (χ0n) is 11.3. The lowest BCUT2D eigenvalue weighted by molar-refractivity contribution is -0.137. The fraction of sp³-hybridized carbons (Fsp3) is 0.533. The molecule has 2 atom stereocenters. The quantitative estimate of drug-likeness (QED) is 0.853. The van der Waals surface area contributed by atoms with Crippen LogP contribution in [0.15, 0.2) is 24.3 Å². The number of morpholine rings is 1. The van der Waals surface area contributed by atoms with E-state index in [-0.39, 0.29) is 23.8 Å². The Bertz CT molecular complexity index is 515. The number of ketones is 1. The van der Waals surface area contributed by atoms with Crippen molar-refractivity contribution in [2.24, 2.45) is 5.92 Å². The molecule has 2 saturated heterocycles. The smallest absolute Gasteiger partial charge is 0.378 e. The number of fused-ring (bicyclic) bond motifs is 2. The van der Waals surface area contributed by atoms with Crippen molar-refractivity contribution in [2.75, 3.05) is 13.2 Å². The average Bonchev–Trinajstić information content (AvgIpc) is 2.45. The lowest BCUT2D eigenvalue weighted by atomic mass is 9.82. The van der Waals surface area contributed by atoms with Gasteiger partial charge in [0.25, 0.3) is 0 Å². The van der Waals surface area contributed by atoms with E-state index in [0.717, 1.165) is 12.1 Å². The number of carbonyl (C=O) groups excluding carboxylic acids is 1. The van der Waals surface area contributed by atoms with E-state index in [9.17, 15) is 18.0 Å². The maximum atomic E-state index is 12.5. The number of carbonyl (C=O) groups is 1. The van der Waals surface area contributed by atoms with Crippen LogP contribution in [0.2, 0.25) is 0 Å². The van der Waals surface area contributed by atoms with Crippen molar-refractivity contribution >= 4 is 5.78 Å². The molecule has 2 bridgehead atoms. The molecule has 0 spiro atoms. The molecule has 2 aliphatic rings. The Hall–Kier alpha value is -1.40. The van der Waals surface area contributed by atoms with Crippen LogP contribution in [-0.4, -0.2) is 31.1 Å². The first-order valence-electron chi connectivity index (χ1n) is 6.99. The summed E-state index contributed by atoms with van der Waals surface area (Å²) in [4.78, 5) is 12.4. The molecule has 21 heavy (non-hydrogen) atoms. The van der Waals surface area contributed by atoms with Gasteiger partial charge in [0.1, 0.15) is 0 Å². The van der Waals surface area contributed by atoms with Crippen molar-refractivity contribution in [3.05, 3.63) is 35.4 Å². The highest BCUT2D eigenvalue weighted by atomic mass is 19.4. The zero-order valence-corrected chi connectivity index (χ0v) is 11.3. The van der Waals surface area contributed by atoms with Gasteiger partial charge in [-0.3, -0.25) is 4.79 Å². The summed E-state index contributed by atoms with van der Waals surface area (Å²) in [5, 5.41) is 3.39. The van der Waals surface area contributed by atoms with Crippen LogP contribution in [-0.2, 0) is 10.9 Å². The van der Waals surface area contributed by atoms with Gasteiger partial charge >= 0.3 is 6.18 Å². The average molecular weight is 299 g/mol. The predicted molar refractivity (Wildman–Crippen MR) is 70.0 cm³/mol. The Morgan fingerprint density at radius 2 is 1.67 bits per heavy atom. The second-order valence-electron chi connectivity index (χ2n) is 5.71. The Morgan fingerprint density at radius 3 is 2.19 bits per heavy atom. The van der Waals surface area contributed by atoms with Crippen LogP contribution in [0, 0.1) is 5.92 Å². The molecule has 1 aromatic rings. The molecule has 2 unspecified atom stereocenters. The molecular weight excluding hydrogens is 283 g/mol. The zero-order chi connectivity index (χ0) is 15.0. The molecule has 6 heteroatoms. The number of rotatable bonds is 2. The van der Waals surface area contributed by atoms with E-state index in [1.165, 1.54) is 12.1 Å². The standard InChI is InChI=1S/C15H16F3NO2/c16-15(17,18)11-3-1-9(2-4-11)14(20)10-5-12-7-21-8-13(6-10)19-12/h1-4,10,12-13,19H,5-8H2. The summed E-state index contributed by atoms with van der Waals surface area (Å²) in [5.74, 6) is -0.205. The van der Waals surface area contributed by atoms with Gasteiger partial charge in [0.05, 0.1) is 18.8 Å². The Kier molecular flexibility index (Phi) is 3.75. The van der Waals surface area contributed by atoms with E-state index >= 15 is 0 Å². The highest BCUT2D eigenvalue weighted by molar-refractivity contribution is 5.98. The number of Topliss-reactive ketones (excluding diaryl/α,β-unsaturated/α-hetero) is 1. The van der Waals surface area contributed by atoms with E-state index in [0.29, 0.717) is 31.6 Å². The van der Waals surface area contributed by atoms with Gasteiger partial charge in [-0.25, -0.2) is 0 Å². The van der Waals surface area contributed by atoms with Crippen molar-refractivity contribution in [3.8, 4) is 0 Å². The van der Waals surface area contributed by atoms with E-state index < -0.39 is 11.7 Å². The molecule has 0 saturated carbocycles. The Labute approximate surface area is 120 Å². The Morgan fingerprint density at radius 1 is 1.10 bits per heavy atom. The number of piperidine rings is 1. The normalized spacial score (nSPS) is 29.2. The van der Waals surface area contributed by atoms with Gasteiger partial charge in [0.2, 0.25) is 0 Å². The van der Waals surface area contributed by atoms with Crippen molar-refractivity contribution in [1.29, 1.82) is 0 Å². The fourth-order valence-corrected chi connectivity index (χ4v) is 3.11. The SMILES string of the molecule is O=C(c1ccc(C(F)(F)F)cc1)C1CC2COCC(C1)N2. The number of halogens is 3. The van der Waals surface area contributed by atoms with Gasteiger partial charge in [-0.1, -0.05) is 12.1 Å². The fourth-order valence-electron chi connectivity index (χ4n) is 3.11. The van der Waals surface area contributed by atoms with Gasteiger partial charge < -0.3 is 10.1 Å². The molecule has 0 aromatic heterocycles. The summed E-state index contributed by atoms with van der Waals surface area (Å²) >= 11 is 0. The topological polar surface area (TPSA) is 38.3 Å². The van der Waals surface area contributed by atoms with Crippen LogP contribution < -0.4 is 5.32 Å². The van der Waals surface area contributed by atoms with Gasteiger partial charge in [-0.05, 0) is 25.0 Å². The first-order chi connectivity index (χ1) is 9.93. The summed E-state index contributed by atoms with van der Waals surface area (Å²) in [7, 11) is 0. The molecule has 1 N–H and O–H groups in total. The second kappa shape index (κ2) is 5.42. The minimum absolute atomic E-state index is 0.0675. The lowest BCUT2D eigenvalue weighted by Gasteiger charge is -2.39. The third kappa shape index (κ3) is 3.11. The lowest BCUT2D eigenvalue weighted by Crippen LogP contribution is -2.55. The largest absolute Gasteiger partial charge is 0.416 e. The minimum atomic E-state index is -4.37. The molecule has 0 aliphatic carbocycles. The van der Waals surface area contributed by atoms with E-state index in [1.807, 2.05) is 0 Å². The third-order valence-corrected chi connectivity index (χ3v) is 4.12. The highest BCUT2D eigenvalue weighted by Crippen LogP contribution is 2.31. The van der Waals surface area contributed by atoms with Crippen LogP contribution in [0.4, 0.5) is 13.2 Å². The number of nitrogens with one attached hydrogen (secondary N) is 1. The first-order valence-corrected chi connectivity index (χ1v) is 6.99. The first kappa shape index (κ1) is 14.5. The van der Waals surface area contributed by atoms with Crippen molar-refractivity contribution in [3.63, 3.8) is 0 Å². The second-order valence-corrected chi connectivity index (χ2v) is 5.71. The molecular formula is C15H16F3NO2. The maximum Gasteiger partial charge on any atom is 0.416 e. The van der Waals surface area contributed by atoms with E-state index in [4.69, 9.17) is 4.74 Å². The van der Waals surface area contributed by atoms with Gasteiger partial charge in [-0.15, -0.1) is 0 Å². The van der Waals surface area contributed by atoms with Crippen LogP contribution in [0.3, 0.4) is 0 Å². The van der Waals surface area contributed by atoms with Crippen LogP contribution in [0.25, 0.3) is 0 Å². The van der Waals surface area contributed by atoms with E-state index in [1.54, 1.807) is 0 Å². The molecule has 2 fully saturated rings. The summed E-state index contributed by atoms with van der Waals surface area (Å²) in [5.41, 5.74) is -0.372. The Balaban J connectivity index is 1.73. The van der Waals surface area contributed by atoms with Crippen LogP contribution in [0.1, 0.15) is 28.8 Å². The molecule has 0 amide bonds. The number of benzene rings is 1. The number of hydrogen-bond acceptors (Lipinski definition) is 3. The van der Waals surface area contributed by atoms with Crippen molar-refractivity contribution < 1.29 is 22.7 Å². The summed E-state index contributed by atoms with van der Waals surface area (Å²) in [6, 6.07) is 4.83. The molecule has 2 aliphatic heterocycles. The molecule has 3 rings (SSSR count). The summed E-state index contributed by atoms with van der Waals surface area (Å²) in [6.07, 6.45) is -3.02. The third-order valence-electron chi connectivity index (χ3n) is 4.12. The summed E-state index contributed by atoms with van der Waals surface area (Å²) < 4.78 is 43.0. The number of alkyl halides is 3. The molecule has 114 valence electrons. The predicted octanol–water partition coefficient (Wildman–Crippen LogP) is 2.66. The molecule has 2 heterocycles. The number of ether oxygens (including phenoxy) is 1. The summed E-state index contributed by atoms with van der Waals surface area (Å²) in [6.45, 7) is 1.18. The highest BCUT2D eigenvalue weighted by Gasteiger charge is 2.36. The molecule has 3 nitrogen and oxygen atoms in total. The molecule has 1 aromatic carbocycles. The van der Waals surface area contributed by atoms with Crippen molar-refractivity contribution in [2.45, 2.75) is 31.1 Å². The minimum Gasteiger partial charge on any atom is -0.378 e.